The summed E-state index contributed by atoms with van der Waals surface area (Å²) >= 11 is 0. The number of para-hydroxylation sites is 2. The number of carbonyl (C=O) groups is 2. The van der Waals surface area contributed by atoms with Gasteiger partial charge in [-0.05, 0) is 39.3 Å². The van der Waals surface area contributed by atoms with Gasteiger partial charge < -0.3 is 14.8 Å². The SMILES string of the molecule is CCC(C)Oc1ccccc1OCCN1C(=O)NC(C)(C)C1=O. The third-order valence-electron chi connectivity index (χ3n) is 3.77. The zero-order valence-electron chi connectivity index (χ0n) is 14.1. The van der Waals surface area contributed by atoms with Gasteiger partial charge in [0.05, 0.1) is 12.6 Å². The molecule has 2 rings (SSSR count). The third kappa shape index (κ3) is 3.94. The standard InChI is InChI=1S/C17H24N2O4/c1-5-12(2)23-14-9-7-6-8-13(14)22-11-10-19-15(20)17(3,4)18-16(19)21/h6-9,12H,5,10-11H2,1-4H3,(H,18,21). The number of imide groups is 1. The first-order valence-electron chi connectivity index (χ1n) is 7.87. The van der Waals surface area contributed by atoms with Crippen LogP contribution in [-0.2, 0) is 4.79 Å². The molecule has 0 bridgehead atoms. The average molecular weight is 320 g/mol. The maximum absolute atomic E-state index is 12.1. The van der Waals surface area contributed by atoms with Gasteiger partial charge in [0.25, 0.3) is 5.91 Å². The second kappa shape index (κ2) is 6.89. The van der Waals surface area contributed by atoms with Gasteiger partial charge in [0.1, 0.15) is 12.1 Å². The Labute approximate surface area is 136 Å². The van der Waals surface area contributed by atoms with Gasteiger partial charge in [-0.15, -0.1) is 0 Å². The molecule has 1 fully saturated rings. The van der Waals surface area contributed by atoms with E-state index in [0.29, 0.717) is 11.5 Å². The van der Waals surface area contributed by atoms with E-state index in [-0.39, 0.29) is 31.2 Å². The van der Waals surface area contributed by atoms with Crippen LogP contribution in [-0.4, -0.2) is 41.6 Å². The molecule has 1 aliphatic heterocycles. The number of ether oxygens (including phenoxy) is 2. The fourth-order valence-corrected chi connectivity index (χ4v) is 2.23. The van der Waals surface area contributed by atoms with Crippen molar-refractivity contribution in [1.82, 2.24) is 10.2 Å². The summed E-state index contributed by atoms with van der Waals surface area (Å²) in [4.78, 5) is 25.1. The van der Waals surface area contributed by atoms with E-state index in [1.807, 2.05) is 38.1 Å². The van der Waals surface area contributed by atoms with E-state index in [1.165, 1.54) is 4.90 Å². The number of carbonyl (C=O) groups excluding carboxylic acids is 2. The van der Waals surface area contributed by atoms with Crippen molar-refractivity contribution in [2.45, 2.75) is 45.8 Å². The summed E-state index contributed by atoms with van der Waals surface area (Å²) < 4.78 is 11.5. The predicted octanol–water partition coefficient (Wildman–Crippen LogP) is 2.57. The topological polar surface area (TPSA) is 67.9 Å². The number of hydrogen-bond acceptors (Lipinski definition) is 4. The minimum Gasteiger partial charge on any atom is -0.488 e. The summed E-state index contributed by atoms with van der Waals surface area (Å²) in [6, 6.07) is 7.01. The molecule has 1 atom stereocenters. The number of rotatable bonds is 7. The average Bonchev–Trinajstić information content (AvgIpc) is 2.70. The van der Waals surface area contributed by atoms with Gasteiger partial charge in [-0.2, -0.15) is 0 Å². The fourth-order valence-electron chi connectivity index (χ4n) is 2.23. The van der Waals surface area contributed by atoms with Crippen LogP contribution in [0, 0.1) is 0 Å². The first-order chi connectivity index (χ1) is 10.8. The molecule has 1 aromatic carbocycles. The Morgan fingerprint density at radius 1 is 1.22 bits per heavy atom. The zero-order chi connectivity index (χ0) is 17.0. The van der Waals surface area contributed by atoms with Crippen LogP contribution >= 0.6 is 0 Å². The molecule has 1 aromatic rings. The highest BCUT2D eigenvalue weighted by molar-refractivity contribution is 6.06. The first-order valence-corrected chi connectivity index (χ1v) is 7.87. The molecular formula is C17H24N2O4. The Hall–Kier alpha value is -2.24. The molecule has 126 valence electrons. The summed E-state index contributed by atoms with van der Waals surface area (Å²) in [5.41, 5.74) is -0.853. The second-order valence-electron chi connectivity index (χ2n) is 6.14. The van der Waals surface area contributed by atoms with Gasteiger partial charge in [0.15, 0.2) is 11.5 Å². The fraction of sp³-hybridized carbons (Fsp3) is 0.529. The van der Waals surface area contributed by atoms with Crippen LogP contribution in [0.25, 0.3) is 0 Å². The lowest BCUT2D eigenvalue weighted by Crippen LogP contribution is -2.40. The highest BCUT2D eigenvalue weighted by Crippen LogP contribution is 2.28. The second-order valence-corrected chi connectivity index (χ2v) is 6.14. The van der Waals surface area contributed by atoms with E-state index < -0.39 is 5.54 Å². The van der Waals surface area contributed by atoms with Crippen LogP contribution in [0.3, 0.4) is 0 Å². The predicted molar refractivity (Wildman–Crippen MR) is 86.6 cm³/mol. The van der Waals surface area contributed by atoms with Gasteiger partial charge in [-0.3, -0.25) is 9.69 Å². The monoisotopic (exact) mass is 320 g/mol. The number of nitrogens with zero attached hydrogens (tertiary/aromatic N) is 1. The van der Waals surface area contributed by atoms with Crippen molar-refractivity contribution in [3.63, 3.8) is 0 Å². The van der Waals surface area contributed by atoms with E-state index in [2.05, 4.69) is 5.32 Å². The van der Waals surface area contributed by atoms with E-state index in [0.717, 1.165) is 6.42 Å². The lowest BCUT2D eigenvalue weighted by atomic mass is 10.1. The Morgan fingerprint density at radius 2 is 1.87 bits per heavy atom. The lowest BCUT2D eigenvalue weighted by molar-refractivity contribution is -0.130. The number of urea groups is 1. The number of benzene rings is 1. The molecule has 1 aliphatic rings. The Morgan fingerprint density at radius 3 is 2.43 bits per heavy atom. The van der Waals surface area contributed by atoms with Crippen molar-refractivity contribution in [2.75, 3.05) is 13.2 Å². The van der Waals surface area contributed by atoms with Crippen molar-refractivity contribution in [1.29, 1.82) is 0 Å². The molecule has 1 unspecified atom stereocenters. The van der Waals surface area contributed by atoms with Crippen LogP contribution in [0.5, 0.6) is 11.5 Å². The van der Waals surface area contributed by atoms with E-state index in [1.54, 1.807) is 13.8 Å². The summed E-state index contributed by atoms with van der Waals surface area (Å²) in [7, 11) is 0. The molecular weight excluding hydrogens is 296 g/mol. The maximum Gasteiger partial charge on any atom is 0.325 e. The van der Waals surface area contributed by atoms with Gasteiger partial charge in [0.2, 0.25) is 0 Å². The van der Waals surface area contributed by atoms with Crippen LogP contribution in [0.4, 0.5) is 4.79 Å². The number of hydrogen-bond donors (Lipinski definition) is 1. The first kappa shape index (κ1) is 17.1. The Balaban J connectivity index is 1.94. The Bertz CT molecular complexity index is 586. The minimum absolute atomic E-state index is 0.0893. The van der Waals surface area contributed by atoms with Crippen LogP contribution in [0.1, 0.15) is 34.1 Å². The molecule has 1 N–H and O–H groups in total. The molecule has 0 spiro atoms. The molecule has 1 heterocycles. The quantitative estimate of drug-likeness (QED) is 0.784. The van der Waals surface area contributed by atoms with Crippen molar-refractivity contribution in [3.05, 3.63) is 24.3 Å². The maximum atomic E-state index is 12.1. The summed E-state index contributed by atoms with van der Waals surface area (Å²) in [5.74, 6) is 1.04. The Kier molecular flexibility index (Phi) is 5.13. The van der Waals surface area contributed by atoms with Gasteiger partial charge in [0, 0.05) is 0 Å². The van der Waals surface area contributed by atoms with E-state index in [9.17, 15) is 9.59 Å². The highest BCUT2D eigenvalue weighted by atomic mass is 16.5. The number of amides is 3. The number of nitrogens with one attached hydrogen (secondary N) is 1. The summed E-state index contributed by atoms with van der Waals surface area (Å²) in [6.45, 7) is 7.83. The molecule has 1 saturated heterocycles. The summed E-state index contributed by atoms with van der Waals surface area (Å²) in [5, 5.41) is 2.64. The molecule has 6 nitrogen and oxygen atoms in total. The minimum atomic E-state index is -0.853. The van der Waals surface area contributed by atoms with E-state index >= 15 is 0 Å². The highest BCUT2D eigenvalue weighted by Gasteiger charge is 2.43. The van der Waals surface area contributed by atoms with Crippen LogP contribution < -0.4 is 14.8 Å². The van der Waals surface area contributed by atoms with Crippen molar-refractivity contribution in [3.8, 4) is 11.5 Å². The smallest absolute Gasteiger partial charge is 0.325 e. The largest absolute Gasteiger partial charge is 0.488 e. The lowest BCUT2D eigenvalue weighted by Gasteiger charge is -2.18. The van der Waals surface area contributed by atoms with Crippen molar-refractivity contribution < 1.29 is 19.1 Å². The van der Waals surface area contributed by atoms with Crippen molar-refractivity contribution in [2.24, 2.45) is 0 Å². The third-order valence-corrected chi connectivity index (χ3v) is 3.77. The zero-order valence-corrected chi connectivity index (χ0v) is 14.1. The van der Waals surface area contributed by atoms with Gasteiger partial charge in [-0.1, -0.05) is 19.1 Å². The normalized spacial score (nSPS) is 17.8. The van der Waals surface area contributed by atoms with Crippen LogP contribution in [0.2, 0.25) is 0 Å². The molecule has 3 amide bonds. The van der Waals surface area contributed by atoms with Crippen LogP contribution in [0.15, 0.2) is 24.3 Å². The molecule has 23 heavy (non-hydrogen) atoms. The van der Waals surface area contributed by atoms with E-state index in [4.69, 9.17) is 9.47 Å². The molecule has 0 radical (unpaired) electrons. The molecule has 0 aromatic heterocycles. The summed E-state index contributed by atoms with van der Waals surface area (Å²) in [6.07, 6.45) is 0.984. The van der Waals surface area contributed by atoms with Crippen molar-refractivity contribution >= 4 is 11.9 Å². The molecule has 6 heteroatoms. The van der Waals surface area contributed by atoms with Gasteiger partial charge in [-0.25, -0.2) is 4.79 Å². The van der Waals surface area contributed by atoms with Gasteiger partial charge >= 0.3 is 6.03 Å². The molecule has 0 saturated carbocycles. The molecule has 0 aliphatic carbocycles.